The summed E-state index contributed by atoms with van der Waals surface area (Å²) in [6, 6.07) is 0. The van der Waals surface area contributed by atoms with Crippen LogP contribution in [0.15, 0.2) is 12.3 Å². The summed E-state index contributed by atoms with van der Waals surface area (Å²) in [4.78, 5) is 21.0. The summed E-state index contributed by atoms with van der Waals surface area (Å²) in [5.41, 5.74) is 1.80. The molecule has 0 radical (unpaired) electrons. The molecule has 0 amide bonds. The van der Waals surface area contributed by atoms with Gasteiger partial charge in [0.1, 0.15) is 0 Å². The van der Waals surface area contributed by atoms with Gasteiger partial charge in [0.15, 0.2) is 5.78 Å². The van der Waals surface area contributed by atoms with Crippen LogP contribution in [0.1, 0.15) is 39.1 Å². The minimum atomic E-state index is -0.406. The van der Waals surface area contributed by atoms with E-state index in [4.69, 9.17) is 4.74 Å². The Hall–Kier alpha value is -1.71. The summed E-state index contributed by atoms with van der Waals surface area (Å²) in [5, 5.41) is 0. The molecule has 0 aromatic carbocycles. The molecule has 0 aliphatic heterocycles. The first kappa shape index (κ1) is 12.7. The van der Waals surface area contributed by atoms with Crippen LogP contribution in [0.3, 0.4) is 0 Å². The normalized spacial score (nSPS) is 14.1. The molecule has 1 aliphatic rings. The Morgan fingerprint density at radius 1 is 1.44 bits per heavy atom. The van der Waals surface area contributed by atoms with Gasteiger partial charge in [-0.15, -0.1) is 0 Å². The van der Waals surface area contributed by atoms with Crippen molar-refractivity contribution in [2.24, 2.45) is 5.41 Å². The predicted molar refractivity (Wildman–Crippen MR) is 69.3 cm³/mol. The topological polar surface area (TPSA) is 52.1 Å². The fourth-order valence-electron chi connectivity index (χ4n) is 1.88. The molecule has 0 bridgehead atoms. The van der Waals surface area contributed by atoms with Gasteiger partial charge in [-0.05, 0) is 6.92 Å². The number of allylic oxidation sites excluding steroid dienone is 2. The lowest BCUT2D eigenvalue weighted by Gasteiger charge is -2.17. The lowest BCUT2D eigenvalue weighted by Crippen LogP contribution is -2.21. The van der Waals surface area contributed by atoms with Gasteiger partial charge in [0, 0.05) is 17.4 Å². The van der Waals surface area contributed by atoms with Crippen molar-refractivity contribution in [2.75, 3.05) is 6.61 Å². The summed E-state index contributed by atoms with van der Waals surface area (Å²) in [6.45, 7) is 8.17. The average molecular weight is 246 g/mol. The minimum absolute atomic E-state index is 0.101. The Bertz CT molecular complexity index is 513. The zero-order chi connectivity index (χ0) is 13.3. The molecule has 0 spiro atoms. The maximum atomic E-state index is 12.3. The molecule has 96 valence electrons. The predicted octanol–water partition coefficient (Wildman–Crippen LogP) is 2.43. The van der Waals surface area contributed by atoms with Crippen LogP contribution < -0.4 is 4.74 Å². The van der Waals surface area contributed by atoms with Gasteiger partial charge in [-0.2, -0.15) is 0 Å². The second-order valence-corrected chi connectivity index (χ2v) is 5.34. The highest BCUT2D eigenvalue weighted by atomic mass is 16.5. The van der Waals surface area contributed by atoms with Crippen molar-refractivity contribution in [3.63, 3.8) is 0 Å². The highest BCUT2D eigenvalue weighted by Crippen LogP contribution is 2.32. The van der Waals surface area contributed by atoms with Crippen LogP contribution in [0.4, 0.5) is 0 Å². The fraction of sp³-hybridized carbons (Fsp3) is 0.500. The van der Waals surface area contributed by atoms with E-state index >= 15 is 0 Å². The Labute approximate surface area is 107 Å². The van der Waals surface area contributed by atoms with Crippen molar-refractivity contribution in [1.82, 2.24) is 9.97 Å². The smallest absolute Gasteiger partial charge is 0.232 e. The lowest BCUT2D eigenvalue weighted by atomic mass is 9.86. The first-order valence-corrected chi connectivity index (χ1v) is 6.17. The van der Waals surface area contributed by atoms with Gasteiger partial charge in [0.2, 0.25) is 5.88 Å². The third-order valence-corrected chi connectivity index (χ3v) is 2.80. The Kier molecular flexibility index (Phi) is 3.20. The maximum Gasteiger partial charge on any atom is 0.232 e. The van der Waals surface area contributed by atoms with Crippen molar-refractivity contribution in [2.45, 2.75) is 34.1 Å². The molecular weight excluding hydrogens is 228 g/mol. The standard InChI is InChI=1S/C14H18N2O2/c1-5-18-11-8-15-10-7-6-9(12(10)16-11)13(17)14(2,3)4/h6,8H,5,7H2,1-4H3. The molecule has 0 saturated carbocycles. The number of Topliss-reactive ketones (excluding diaryl/α,β-unsaturated/α-hetero) is 1. The van der Waals surface area contributed by atoms with Gasteiger partial charge in [-0.25, -0.2) is 4.98 Å². The molecule has 0 saturated heterocycles. The van der Waals surface area contributed by atoms with E-state index in [1.807, 2.05) is 33.8 Å². The summed E-state index contributed by atoms with van der Waals surface area (Å²) in [7, 11) is 0. The van der Waals surface area contributed by atoms with Crippen LogP contribution in [-0.2, 0) is 11.2 Å². The van der Waals surface area contributed by atoms with E-state index in [2.05, 4.69) is 9.97 Å². The van der Waals surface area contributed by atoms with Gasteiger partial charge >= 0.3 is 0 Å². The van der Waals surface area contributed by atoms with Gasteiger partial charge in [0.05, 0.1) is 24.2 Å². The van der Waals surface area contributed by atoms with Crippen molar-refractivity contribution < 1.29 is 9.53 Å². The van der Waals surface area contributed by atoms with Crippen molar-refractivity contribution in [3.05, 3.63) is 23.7 Å². The molecule has 4 nitrogen and oxygen atoms in total. The van der Waals surface area contributed by atoms with Crippen LogP contribution in [0, 0.1) is 5.41 Å². The molecule has 0 unspecified atom stereocenters. The molecular formula is C14H18N2O2. The van der Waals surface area contributed by atoms with Crippen LogP contribution in [0.5, 0.6) is 5.88 Å². The zero-order valence-corrected chi connectivity index (χ0v) is 11.3. The number of hydrogen-bond donors (Lipinski definition) is 0. The Balaban J connectivity index is 2.36. The number of ether oxygens (including phenoxy) is 1. The van der Waals surface area contributed by atoms with Crippen molar-refractivity contribution >= 4 is 11.4 Å². The molecule has 1 heterocycles. The summed E-state index contributed by atoms with van der Waals surface area (Å²) >= 11 is 0. The van der Waals surface area contributed by atoms with E-state index in [1.54, 1.807) is 6.20 Å². The number of hydrogen-bond acceptors (Lipinski definition) is 4. The molecule has 1 aliphatic carbocycles. The SMILES string of the molecule is CCOc1cnc2c(n1)C(C(=O)C(C)(C)C)=CC2. The Morgan fingerprint density at radius 2 is 2.17 bits per heavy atom. The van der Waals surface area contributed by atoms with Crippen LogP contribution in [0.25, 0.3) is 5.57 Å². The number of fused-ring (bicyclic) bond motifs is 1. The van der Waals surface area contributed by atoms with E-state index in [-0.39, 0.29) is 5.78 Å². The van der Waals surface area contributed by atoms with E-state index in [0.29, 0.717) is 30.2 Å². The van der Waals surface area contributed by atoms with Gasteiger partial charge in [0.25, 0.3) is 0 Å². The van der Waals surface area contributed by atoms with E-state index < -0.39 is 5.41 Å². The molecule has 0 N–H and O–H groups in total. The van der Waals surface area contributed by atoms with Crippen LogP contribution in [0.2, 0.25) is 0 Å². The third-order valence-electron chi connectivity index (χ3n) is 2.80. The Morgan fingerprint density at radius 3 is 2.78 bits per heavy atom. The first-order chi connectivity index (χ1) is 8.43. The van der Waals surface area contributed by atoms with Crippen LogP contribution in [-0.4, -0.2) is 22.4 Å². The largest absolute Gasteiger partial charge is 0.477 e. The molecule has 18 heavy (non-hydrogen) atoms. The molecule has 0 fully saturated rings. The van der Waals surface area contributed by atoms with Crippen molar-refractivity contribution in [1.29, 1.82) is 0 Å². The summed E-state index contributed by atoms with van der Waals surface area (Å²) in [5.74, 6) is 0.579. The number of carbonyl (C=O) groups excluding carboxylic acids is 1. The second-order valence-electron chi connectivity index (χ2n) is 5.34. The van der Waals surface area contributed by atoms with Crippen LogP contribution >= 0.6 is 0 Å². The maximum absolute atomic E-state index is 12.3. The molecule has 1 aromatic rings. The number of aromatic nitrogens is 2. The van der Waals surface area contributed by atoms with Gasteiger partial charge < -0.3 is 4.74 Å². The van der Waals surface area contributed by atoms with E-state index in [0.717, 1.165) is 5.69 Å². The fourth-order valence-corrected chi connectivity index (χ4v) is 1.88. The van der Waals surface area contributed by atoms with Gasteiger partial charge in [-0.1, -0.05) is 26.8 Å². The summed E-state index contributed by atoms with van der Waals surface area (Å²) < 4.78 is 5.33. The quantitative estimate of drug-likeness (QED) is 0.822. The highest BCUT2D eigenvalue weighted by Gasteiger charge is 2.31. The van der Waals surface area contributed by atoms with Gasteiger partial charge in [-0.3, -0.25) is 9.78 Å². The average Bonchev–Trinajstić information content (AvgIpc) is 2.70. The molecule has 1 aromatic heterocycles. The highest BCUT2D eigenvalue weighted by molar-refractivity contribution is 6.23. The number of rotatable bonds is 3. The van der Waals surface area contributed by atoms with E-state index in [1.165, 1.54) is 0 Å². The molecule has 2 rings (SSSR count). The lowest BCUT2D eigenvalue weighted by molar-refractivity contribution is -0.120. The third kappa shape index (κ3) is 2.28. The van der Waals surface area contributed by atoms with Crippen molar-refractivity contribution in [3.8, 4) is 5.88 Å². The zero-order valence-electron chi connectivity index (χ0n) is 11.3. The number of ketones is 1. The molecule has 0 atom stereocenters. The minimum Gasteiger partial charge on any atom is -0.477 e. The molecule has 4 heteroatoms. The summed E-state index contributed by atoms with van der Waals surface area (Å²) in [6.07, 6.45) is 4.19. The first-order valence-electron chi connectivity index (χ1n) is 6.17. The van der Waals surface area contributed by atoms with E-state index in [9.17, 15) is 4.79 Å². The number of carbonyl (C=O) groups is 1. The number of nitrogens with zero attached hydrogens (tertiary/aromatic N) is 2. The second kappa shape index (κ2) is 4.52. The monoisotopic (exact) mass is 246 g/mol.